The van der Waals surface area contributed by atoms with Gasteiger partial charge in [0.1, 0.15) is 11.5 Å². The van der Waals surface area contributed by atoms with E-state index in [9.17, 15) is 4.79 Å². The molecule has 1 aromatic rings. The third-order valence-corrected chi connectivity index (χ3v) is 3.77. The van der Waals surface area contributed by atoms with Gasteiger partial charge < -0.3 is 20.7 Å². The highest BCUT2D eigenvalue weighted by Gasteiger charge is 2.20. The van der Waals surface area contributed by atoms with Crippen molar-refractivity contribution < 1.29 is 9.53 Å². The fraction of sp³-hybridized carbons (Fsp3) is 0.600. The van der Waals surface area contributed by atoms with Crippen molar-refractivity contribution in [2.45, 2.75) is 12.8 Å². The number of hydrogen-bond donors (Lipinski definition) is 2. The molecule has 1 unspecified atom stereocenters. The fourth-order valence-corrected chi connectivity index (χ4v) is 2.65. The number of nitrogens with one attached hydrogen (secondary N) is 1. The largest absolute Gasteiger partial charge is 0.384 e. The molecule has 2 rings (SSSR count). The van der Waals surface area contributed by atoms with E-state index in [1.54, 1.807) is 25.3 Å². The van der Waals surface area contributed by atoms with Crippen molar-refractivity contribution in [2.75, 3.05) is 45.6 Å². The predicted molar refractivity (Wildman–Crippen MR) is 82.0 cm³/mol. The first-order valence-electron chi connectivity index (χ1n) is 7.41. The van der Waals surface area contributed by atoms with Crippen LogP contribution in [0.1, 0.15) is 23.3 Å². The molecule has 1 aliphatic heterocycles. The maximum absolute atomic E-state index is 12.0. The normalized spacial score (nSPS) is 19.4. The van der Waals surface area contributed by atoms with E-state index in [4.69, 9.17) is 10.5 Å². The molecule has 6 heteroatoms. The highest BCUT2D eigenvalue weighted by Crippen LogP contribution is 2.15. The van der Waals surface area contributed by atoms with E-state index in [0.29, 0.717) is 24.0 Å². The lowest BCUT2D eigenvalue weighted by atomic mass is 9.98. The van der Waals surface area contributed by atoms with Crippen molar-refractivity contribution in [1.29, 1.82) is 0 Å². The van der Waals surface area contributed by atoms with Crippen molar-refractivity contribution in [3.63, 3.8) is 0 Å². The SMILES string of the molecule is COCCN1CCCC(CNC(=O)c2cccc(N)n2)C1. The molecule has 1 atom stereocenters. The maximum atomic E-state index is 12.0. The molecule has 0 aromatic carbocycles. The number of anilines is 1. The van der Waals surface area contributed by atoms with Crippen LogP contribution >= 0.6 is 0 Å². The van der Waals surface area contributed by atoms with Crippen molar-refractivity contribution in [3.8, 4) is 0 Å². The number of pyridine rings is 1. The van der Waals surface area contributed by atoms with Crippen molar-refractivity contribution in [3.05, 3.63) is 23.9 Å². The first-order chi connectivity index (χ1) is 10.2. The Kier molecular flexibility index (Phi) is 5.95. The van der Waals surface area contributed by atoms with Crippen molar-refractivity contribution in [1.82, 2.24) is 15.2 Å². The Bertz CT molecular complexity index is 467. The molecule has 21 heavy (non-hydrogen) atoms. The lowest BCUT2D eigenvalue weighted by Gasteiger charge is -2.32. The second kappa shape index (κ2) is 7.95. The lowest BCUT2D eigenvalue weighted by Crippen LogP contribution is -2.42. The van der Waals surface area contributed by atoms with E-state index in [1.165, 1.54) is 6.42 Å². The number of piperidine rings is 1. The molecule has 0 bridgehead atoms. The van der Waals surface area contributed by atoms with E-state index in [2.05, 4.69) is 15.2 Å². The Morgan fingerprint density at radius 2 is 2.43 bits per heavy atom. The first kappa shape index (κ1) is 15.7. The first-order valence-corrected chi connectivity index (χ1v) is 7.41. The summed E-state index contributed by atoms with van der Waals surface area (Å²) in [7, 11) is 1.72. The summed E-state index contributed by atoms with van der Waals surface area (Å²) in [4.78, 5) is 18.5. The number of nitrogens with zero attached hydrogens (tertiary/aromatic N) is 2. The van der Waals surface area contributed by atoms with E-state index < -0.39 is 0 Å². The van der Waals surface area contributed by atoms with E-state index in [-0.39, 0.29) is 5.91 Å². The minimum Gasteiger partial charge on any atom is -0.384 e. The van der Waals surface area contributed by atoms with Gasteiger partial charge in [-0.05, 0) is 37.4 Å². The number of rotatable bonds is 6. The summed E-state index contributed by atoms with van der Waals surface area (Å²) >= 11 is 0. The van der Waals surface area contributed by atoms with Crippen LogP contribution in [0.3, 0.4) is 0 Å². The van der Waals surface area contributed by atoms with Gasteiger partial charge in [0.15, 0.2) is 0 Å². The summed E-state index contributed by atoms with van der Waals surface area (Å²) in [5.74, 6) is 0.697. The van der Waals surface area contributed by atoms with Crippen molar-refractivity contribution >= 4 is 11.7 Å². The molecule has 0 spiro atoms. The molecule has 6 nitrogen and oxygen atoms in total. The zero-order valence-corrected chi connectivity index (χ0v) is 12.5. The van der Waals surface area contributed by atoms with E-state index in [1.807, 2.05) is 0 Å². The van der Waals surface area contributed by atoms with Crippen LogP contribution in [0.15, 0.2) is 18.2 Å². The molecule has 0 aliphatic carbocycles. The number of methoxy groups -OCH3 is 1. The molecule has 3 N–H and O–H groups in total. The lowest BCUT2D eigenvalue weighted by molar-refractivity contribution is 0.0908. The Labute approximate surface area is 125 Å². The monoisotopic (exact) mass is 292 g/mol. The molecule has 2 heterocycles. The Morgan fingerprint density at radius 3 is 3.19 bits per heavy atom. The van der Waals surface area contributed by atoms with Gasteiger partial charge in [0.2, 0.25) is 0 Å². The Morgan fingerprint density at radius 1 is 1.57 bits per heavy atom. The van der Waals surface area contributed by atoms with Gasteiger partial charge >= 0.3 is 0 Å². The molecule has 1 aromatic heterocycles. The van der Waals surface area contributed by atoms with Crippen LogP contribution in [0.25, 0.3) is 0 Å². The minimum atomic E-state index is -0.156. The summed E-state index contributed by atoms with van der Waals surface area (Å²) in [6.45, 7) is 4.52. The average molecular weight is 292 g/mol. The molecule has 1 aliphatic rings. The van der Waals surface area contributed by atoms with Crippen LogP contribution in [0.2, 0.25) is 0 Å². The number of nitrogen functional groups attached to an aromatic ring is 1. The number of amides is 1. The average Bonchev–Trinajstić information content (AvgIpc) is 2.51. The zero-order valence-electron chi connectivity index (χ0n) is 12.5. The number of hydrogen-bond acceptors (Lipinski definition) is 5. The van der Waals surface area contributed by atoms with E-state index in [0.717, 1.165) is 32.7 Å². The topological polar surface area (TPSA) is 80.5 Å². The molecular formula is C15H24N4O2. The van der Waals surface area contributed by atoms with Gasteiger partial charge in [-0.2, -0.15) is 0 Å². The van der Waals surface area contributed by atoms with Crippen LogP contribution in [0.5, 0.6) is 0 Å². The third kappa shape index (κ3) is 4.99. The second-order valence-electron chi connectivity index (χ2n) is 5.46. The van der Waals surface area contributed by atoms with Crippen LogP contribution in [0, 0.1) is 5.92 Å². The molecule has 1 amide bonds. The molecule has 0 saturated carbocycles. The molecule has 1 saturated heterocycles. The number of ether oxygens (including phenoxy) is 1. The highest BCUT2D eigenvalue weighted by molar-refractivity contribution is 5.92. The third-order valence-electron chi connectivity index (χ3n) is 3.77. The fourth-order valence-electron chi connectivity index (χ4n) is 2.65. The summed E-state index contributed by atoms with van der Waals surface area (Å²) in [5, 5.41) is 2.96. The summed E-state index contributed by atoms with van der Waals surface area (Å²) in [6, 6.07) is 5.09. The number of aromatic nitrogens is 1. The van der Waals surface area contributed by atoms with Crippen molar-refractivity contribution in [2.24, 2.45) is 5.92 Å². The number of nitrogens with two attached hydrogens (primary N) is 1. The van der Waals surface area contributed by atoms with E-state index >= 15 is 0 Å². The second-order valence-corrected chi connectivity index (χ2v) is 5.46. The standard InChI is InChI=1S/C15H24N4O2/c1-21-9-8-19-7-3-4-12(11-19)10-17-15(20)13-5-2-6-14(16)18-13/h2,5-6,12H,3-4,7-11H2,1H3,(H2,16,18)(H,17,20). The summed E-state index contributed by atoms with van der Waals surface area (Å²) in [5.41, 5.74) is 5.97. The number of carbonyl (C=O) groups is 1. The maximum Gasteiger partial charge on any atom is 0.269 e. The number of likely N-dealkylation sites (tertiary alicyclic amines) is 1. The van der Waals surface area contributed by atoms with Crippen LogP contribution < -0.4 is 11.1 Å². The zero-order chi connectivity index (χ0) is 15.1. The quantitative estimate of drug-likeness (QED) is 0.809. The molecule has 0 radical (unpaired) electrons. The predicted octanol–water partition coefficient (Wildman–Crippen LogP) is 0.752. The van der Waals surface area contributed by atoms with Gasteiger partial charge in [0.25, 0.3) is 5.91 Å². The summed E-state index contributed by atoms with van der Waals surface area (Å²) in [6.07, 6.45) is 2.31. The molecule has 116 valence electrons. The Balaban J connectivity index is 1.78. The highest BCUT2D eigenvalue weighted by atomic mass is 16.5. The Hall–Kier alpha value is -1.66. The van der Waals surface area contributed by atoms with Gasteiger partial charge in [0.05, 0.1) is 6.61 Å². The van der Waals surface area contributed by atoms with Gasteiger partial charge in [-0.25, -0.2) is 4.98 Å². The van der Waals surface area contributed by atoms with Crippen LogP contribution in [0.4, 0.5) is 5.82 Å². The molecule has 1 fully saturated rings. The van der Waals surface area contributed by atoms with Gasteiger partial charge in [-0.1, -0.05) is 6.07 Å². The van der Waals surface area contributed by atoms with Gasteiger partial charge in [0, 0.05) is 26.7 Å². The molecular weight excluding hydrogens is 268 g/mol. The van der Waals surface area contributed by atoms with Gasteiger partial charge in [-0.3, -0.25) is 4.79 Å². The number of carbonyl (C=O) groups excluding carboxylic acids is 1. The van der Waals surface area contributed by atoms with Gasteiger partial charge in [-0.15, -0.1) is 0 Å². The summed E-state index contributed by atoms with van der Waals surface area (Å²) < 4.78 is 5.12. The van der Waals surface area contributed by atoms with Crippen LogP contribution in [-0.2, 0) is 4.74 Å². The minimum absolute atomic E-state index is 0.156. The smallest absolute Gasteiger partial charge is 0.269 e. The van der Waals surface area contributed by atoms with Crippen LogP contribution in [-0.4, -0.2) is 55.7 Å².